The molecule has 0 saturated heterocycles. The van der Waals surface area contributed by atoms with E-state index in [4.69, 9.17) is 0 Å². The maximum atomic E-state index is 12.0. The summed E-state index contributed by atoms with van der Waals surface area (Å²) in [5, 5.41) is 13.0. The Morgan fingerprint density at radius 3 is 2.95 bits per heavy atom. The second-order valence-electron chi connectivity index (χ2n) is 4.81. The third kappa shape index (κ3) is 3.29. The molecule has 0 fully saturated rings. The molecule has 6 heteroatoms. The predicted octanol–water partition coefficient (Wildman–Crippen LogP) is 2.75. The van der Waals surface area contributed by atoms with Gasteiger partial charge >= 0.3 is 0 Å². The molecule has 0 radical (unpaired) electrons. The Morgan fingerprint density at radius 1 is 1.27 bits per heavy atom. The van der Waals surface area contributed by atoms with Crippen LogP contribution in [0.5, 0.6) is 0 Å². The molecule has 2 aromatic heterocycles. The van der Waals surface area contributed by atoms with Gasteiger partial charge in [0.1, 0.15) is 0 Å². The fourth-order valence-electron chi connectivity index (χ4n) is 2.13. The van der Waals surface area contributed by atoms with Crippen LogP contribution in [-0.4, -0.2) is 21.0 Å². The van der Waals surface area contributed by atoms with Crippen LogP contribution in [0.2, 0.25) is 0 Å². The van der Waals surface area contributed by atoms with E-state index in [1.165, 1.54) is 0 Å². The molecule has 0 aliphatic carbocycles. The Balaban J connectivity index is 1.62. The Morgan fingerprint density at radius 2 is 2.14 bits per heavy atom. The minimum absolute atomic E-state index is 0.109. The summed E-state index contributed by atoms with van der Waals surface area (Å²) < 4.78 is 1.13. The number of carbonyl (C=O) groups is 1. The van der Waals surface area contributed by atoms with E-state index in [0.717, 1.165) is 15.2 Å². The summed E-state index contributed by atoms with van der Waals surface area (Å²) in [6, 6.07) is 9.62. The minimum atomic E-state index is -0.129. The summed E-state index contributed by atoms with van der Waals surface area (Å²) in [5.74, 6) is -0.109. The molecular formula is C16H15N3O2S. The molecule has 0 aliphatic heterocycles. The van der Waals surface area contributed by atoms with Crippen molar-refractivity contribution in [2.24, 2.45) is 0 Å². The smallest absolute Gasteiger partial charge is 0.224 e. The van der Waals surface area contributed by atoms with Crippen LogP contribution in [-0.2, 0) is 17.8 Å². The van der Waals surface area contributed by atoms with Crippen molar-refractivity contribution < 1.29 is 9.90 Å². The molecule has 2 N–H and O–H groups in total. The number of aryl methyl sites for hydroxylation is 1. The van der Waals surface area contributed by atoms with Crippen molar-refractivity contribution >= 4 is 33.1 Å². The number of hydrogen-bond acceptors (Lipinski definition) is 5. The van der Waals surface area contributed by atoms with E-state index < -0.39 is 0 Å². The van der Waals surface area contributed by atoms with Gasteiger partial charge < -0.3 is 10.4 Å². The molecule has 3 rings (SSSR count). The number of thiazole rings is 1. The summed E-state index contributed by atoms with van der Waals surface area (Å²) in [7, 11) is 0. The third-order valence-corrected chi connectivity index (χ3v) is 4.36. The molecule has 3 aromatic rings. The molecule has 1 aromatic carbocycles. The second kappa shape index (κ2) is 6.64. The Hall–Kier alpha value is -2.31. The van der Waals surface area contributed by atoms with Crippen molar-refractivity contribution in [2.75, 3.05) is 5.32 Å². The normalized spacial score (nSPS) is 10.8. The summed E-state index contributed by atoms with van der Waals surface area (Å²) in [6.07, 6.45) is 4.07. The molecule has 0 saturated carbocycles. The summed E-state index contributed by atoms with van der Waals surface area (Å²) in [5.41, 5.74) is 2.18. The quantitative estimate of drug-likeness (QED) is 0.759. The van der Waals surface area contributed by atoms with Gasteiger partial charge in [-0.25, -0.2) is 4.98 Å². The van der Waals surface area contributed by atoms with E-state index >= 15 is 0 Å². The zero-order chi connectivity index (χ0) is 15.4. The van der Waals surface area contributed by atoms with Crippen molar-refractivity contribution in [2.45, 2.75) is 19.4 Å². The number of aliphatic hydroxyl groups is 1. The molecular weight excluding hydrogens is 298 g/mol. The topological polar surface area (TPSA) is 75.1 Å². The van der Waals surface area contributed by atoms with Crippen LogP contribution in [0.1, 0.15) is 17.0 Å². The number of rotatable bonds is 5. The number of hydrogen-bond donors (Lipinski definition) is 2. The van der Waals surface area contributed by atoms with Crippen molar-refractivity contribution in [3.8, 4) is 0 Å². The van der Waals surface area contributed by atoms with Gasteiger partial charge in [0.05, 0.1) is 33.7 Å². The number of nitrogens with zero attached hydrogens (tertiary/aromatic N) is 2. The maximum absolute atomic E-state index is 12.0. The number of nitrogens with one attached hydrogen (secondary N) is 1. The minimum Gasteiger partial charge on any atom is -0.392 e. The average molecular weight is 313 g/mol. The summed E-state index contributed by atoms with van der Waals surface area (Å²) in [4.78, 5) is 20.5. The lowest BCUT2D eigenvalue weighted by atomic mass is 10.2. The zero-order valence-electron chi connectivity index (χ0n) is 11.8. The van der Waals surface area contributed by atoms with Crippen LogP contribution in [0.15, 0.2) is 42.7 Å². The lowest BCUT2D eigenvalue weighted by Gasteiger charge is -2.07. The monoisotopic (exact) mass is 313 g/mol. The van der Waals surface area contributed by atoms with Gasteiger partial charge in [-0.1, -0.05) is 12.1 Å². The molecule has 22 heavy (non-hydrogen) atoms. The second-order valence-corrected chi connectivity index (χ2v) is 5.93. The largest absolute Gasteiger partial charge is 0.392 e. The number of para-hydroxylation sites is 1. The highest BCUT2D eigenvalue weighted by molar-refractivity contribution is 7.18. The summed E-state index contributed by atoms with van der Waals surface area (Å²) >= 11 is 1.61. The van der Waals surface area contributed by atoms with Gasteiger partial charge in [0.25, 0.3) is 0 Å². The van der Waals surface area contributed by atoms with Gasteiger partial charge in [-0.2, -0.15) is 0 Å². The number of aromatic nitrogens is 2. The van der Waals surface area contributed by atoms with Gasteiger partial charge in [0, 0.05) is 24.6 Å². The number of aliphatic hydroxyl groups excluding tert-OH is 1. The van der Waals surface area contributed by atoms with E-state index in [0.29, 0.717) is 24.1 Å². The molecule has 0 atom stereocenters. The third-order valence-electron chi connectivity index (χ3n) is 3.26. The van der Waals surface area contributed by atoms with Crippen LogP contribution >= 0.6 is 11.3 Å². The molecule has 2 heterocycles. The molecule has 0 bridgehead atoms. The standard InChI is InChI=1S/C16H15N3O2S/c20-10-11-7-8-17-9-13(11)18-15(21)5-6-16-19-12-3-1-2-4-14(12)22-16/h1-4,7-9,20H,5-6,10H2,(H,18,21). The average Bonchev–Trinajstić information content (AvgIpc) is 2.96. The molecule has 0 aliphatic rings. The van der Waals surface area contributed by atoms with Crippen LogP contribution in [0.3, 0.4) is 0 Å². The van der Waals surface area contributed by atoms with Crippen molar-refractivity contribution in [1.29, 1.82) is 0 Å². The Labute approximate surface area is 131 Å². The van der Waals surface area contributed by atoms with Gasteiger partial charge in [0.15, 0.2) is 0 Å². The van der Waals surface area contributed by atoms with Crippen molar-refractivity contribution in [3.05, 3.63) is 53.3 Å². The highest BCUT2D eigenvalue weighted by Crippen LogP contribution is 2.22. The SMILES string of the molecule is O=C(CCc1nc2ccccc2s1)Nc1cnccc1CO. The van der Waals surface area contributed by atoms with E-state index in [1.54, 1.807) is 29.8 Å². The molecule has 1 amide bonds. The number of fused-ring (bicyclic) bond motifs is 1. The first-order valence-corrected chi connectivity index (χ1v) is 7.76. The van der Waals surface area contributed by atoms with Crippen molar-refractivity contribution in [1.82, 2.24) is 9.97 Å². The predicted molar refractivity (Wildman–Crippen MR) is 86.7 cm³/mol. The van der Waals surface area contributed by atoms with Gasteiger partial charge in [-0.15, -0.1) is 11.3 Å². The van der Waals surface area contributed by atoms with E-state index in [1.807, 2.05) is 24.3 Å². The summed E-state index contributed by atoms with van der Waals surface area (Å²) in [6.45, 7) is -0.129. The zero-order valence-corrected chi connectivity index (χ0v) is 12.6. The van der Waals surface area contributed by atoms with Crippen LogP contribution < -0.4 is 5.32 Å². The molecule has 0 unspecified atom stereocenters. The first kappa shape index (κ1) is 14.6. The van der Waals surface area contributed by atoms with Gasteiger partial charge in [-0.05, 0) is 18.2 Å². The van der Waals surface area contributed by atoms with Crippen molar-refractivity contribution in [3.63, 3.8) is 0 Å². The lowest BCUT2D eigenvalue weighted by Crippen LogP contribution is -2.14. The molecule has 0 spiro atoms. The first-order chi connectivity index (χ1) is 10.8. The Bertz CT molecular complexity index is 768. The van der Waals surface area contributed by atoms with Crippen LogP contribution in [0.25, 0.3) is 10.2 Å². The number of pyridine rings is 1. The fourth-order valence-corrected chi connectivity index (χ4v) is 3.10. The highest BCUT2D eigenvalue weighted by atomic mass is 32.1. The van der Waals surface area contributed by atoms with Gasteiger partial charge in [0.2, 0.25) is 5.91 Å². The van der Waals surface area contributed by atoms with E-state index in [-0.39, 0.29) is 12.5 Å². The number of anilines is 1. The highest BCUT2D eigenvalue weighted by Gasteiger charge is 2.09. The Kier molecular flexibility index (Phi) is 4.41. The van der Waals surface area contributed by atoms with E-state index in [9.17, 15) is 9.90 Å². The fraction of sp³-hybridized carbons (Fsp3) is 0.188. The lowest BCUT2D eigenvalue weighted by molar-refractivity contribution is -0.116. The first-order valence-electron chi connectivity index (χ1n) is 6.94. The van der Waals surface area contributed by atoms with Crippen LogP contribution in [0.4, 0.5) is 5.69 Å². The molecule has 112 valence electrons. The van der Waals surface area contributed by atoms with Crippen LogP contribution in [0, 0.1) is 0 Å². The number of amides is 1. The van der Waals surface area contributed by atoms with Gasteiger partial charge in [-0.3, -0.25) is 9.78 Å². The number of benzene rings is 1. The maximum Gasteiger partial charge on any atom is 0.224 e. The van der Waals surface area contributed by atoms with E-state index in [2.05, 4.69) is 15.3 Å². The molecule has 5 nitrogen and oxygen atoms in total. The number of carbonyl (C=O) groups excluding carboxylic acids is 1.